The zero-order valence-corrected chi connectivity index (χ0v) is 31.4. The lowest BCUT2D eigenvalue weighted by Crippen LogP contribution is -2.49. The number of nitrogens with zero attached hydrogens (tertiary/aromatic N) is 2. The summed E-state index contributed by atoms with van der Waals surface area (Å²) in [6.45, 7) is 10.1. The summed E-state index contributed by atoms with van der Waals surface area (Å²) in [6, 6.07) is 27.3. The number of ether oxygens (including phenoxy) is 3. The van der Waals surface area contributed by atoms with Gasteiger partial charge in [-0.2, -0.15) is 0 Å². The molecule has 0 bridgehead atoms. The van der Waals surface area contributed by atoms with Crippen molar-refractivity contribution in [1.29, 1.82) is 0 Å². The molecule has 6 atom stereocenters. The number of carboxylic acid groups (broad SMARTS) is 1. The fourth-order valence-corrected chi connectivity index (χ4v) is 5.62. The first-order chi connectivity index (χ1) is 25.5. The summed E-state index contributed by atoms with van der Waals surface area (Å²) in [6.07, 6.45) is 3.29. The molecule has 2 aliphatic heterocycles. The van der Waals surface area contributed by atoms with Crippen molar-refractivity contribution >= 4 is 17.8 Å². The Morgan fingerprint density at radius 2 is 0.796 bits per heavy atom. The number of hydrogen-bond donors (Lipinski definition) is 4. The summed E-state index contributed by atoms with van der Waals surface area (Å²) in [7, 11) is 0. The number of likely N-dealkylation sites (tertiary alicyclic amines) is 2. The van der Waals surface area contributed by atoms with Crippen molar-refractivity contribution in [3.8, 4) is 0 Å². The zero-order valence-electron chi connectivity index (χ0n) is 31.4. The lowest BCUT2D eigenvalue weighted by Gasteiger charge is -2.24. The van der Waals surface area contributed by atoms with E-state index >= 15 is 0 Å². The van der Waals surface area contributed by atoms with E-state index in [0.29, 0.717) is 19.8 Å². The summed E-state index contributed by atoms with van der Waals surface area (Å²) in [5.74, 6) is -1.02. The van der Waals surface area contributed by atoms with E-state index in [-0.39, 0.29) is 31.4 Å². The Morgan fingerprint density at radius 1 is 0.537 bits per heavy atom. The monoisotopic (exact) mass is 749 g/mol. The largest absolute Gasteiger partial charge is 0.480 e. The van der Waals surface area contributed by atoms with Crippen LogP contribution in [0.4, 0.5) is 0 Å². The van der Waals surface area contributed by atoms with E-state index in [1.165, 1.54) is 0 Å². The van der Waals surface area contributed by atoms with E-state index in [4.69, 9.17) is 36.5 Å². The van der Waals surface area contributed by atoms with Crippen LogP contribution < -0.4 is 17.2 Å². The maximum Gasteiger partial charge on any atom is 0.323 e. The van der Waals surface area contributed by atoms with Crippen molar-refractivity contribution in [3.05, 3.63) is 108 Å². The quantitative estimate of drug-likeness (QED) is 0.170. The highest BCUT2D eigenvalue weighted by atomic mass is 16.5. The third kappa shape index (κ3) is 16.1. The molecule has 54 heavy (non-hydrogen) atoms. The summed E-state index contributed by atoms with van der Waals surface area (Å²) < 4.78 is 16.7. The molecule has 0 saturated carbocycles. The van der Waals surface area contributed by atoms with Crippen LogP contribution in [-0.4, -0.2) is 95.3 Å². The first kappa shape index (κ1) is 46.0. The predicted octanol–water partition coefficient (Wildman–Crippen LogP) is 4.72. The van der Waals surface area contributed by atoms with Crippen LogP contribution in [0.1, 0.15) is 70.6 Å². The number of benzene rings is 3. The molecule has 5 rings (SSSR count). The van der Waals surface area contributed by atoms with Crippen LogP contribution >= 0.6 is 0 Å². The second-order valence-corrected chi connectivity index (χ2v) is 13.5. The molecule has 0 unspecified atom stereocenters. The molecule has 2 heterocycles. The van der Waals surface area contributed by atoms with Crippen molar-refractivity contribution in [3.63, 3.8) is 0 Å². The molecule has 3 aromatic rings. The maximum absolute atomic E-state index is 12.1. The van der Waals surface area contributed by atoms with Crippen molar-refractivity contribution in [1.82, 2.24) is 9.80 Å². The van der Waals surface area contributed by atoms with Crippen molar-refractivity contribution in [2.24, 2.45) is 17.2 Å². The molecule has 0 spiro atoms. The highest BCUT2D eigenvalue weighted by Gasteiger charge is 2.29. The van der Waals surface area contributed by atoms with E-state index in [0.717, 1.165) is 68.6 Å². The van der Waals surface area contributed by atoms with Crippen LogP contribution in [0, 0.1) is 0 Å². The first-order valence-corrected chi connectivity index (χ1v) is 18.5. The second-order valence-electron chi connectivity index (χ2n) is 13.5. The van der Waals surface area contributed by atoms with Gasteiger partial charge in [0, 0.05) is 26.2 Å². The number of carbonyl (C=O) groups is 3. The third-order valence-corrected chi connectivity index (χ3v) is 9.28. The number of amides is 2. The van der Waals surface area contributed by atoms with Gasteiger partial charge >= 0.3 is 5.97 Å². The number of rotatable bonds is 15. The number of carbonyl (C=O) groups excluding carboxylic acids is 2. The fraction of sp³-hybridized carbons (Fsp3) is 0.500. The number of aliphatic carboxylic acids is 1. The SMILES string of the molecule is C.C[C@@H](OCc1ccccc1)[C@H](N)C(=O)N1CCCC1.C[C@@H](OCc1ccccc1)[C@H](N)C(=O)N1CCCC1.C[C@@H](OCc1ccccc1)[C@H](N)C(=O)O. The Morgan fingerprint density at radius 3 is 1.06 bits per heavy atom. The first-order valence-electron chi connectivity index (χ1n) is 18.5. The third-order valence-electron chi connectivity index (χ3n) is 9.28. The summed E-state index contributed by atoms with van der Waals surface area (Å²) >= 11 is 0. The van der Waals surface area contributed by atoms with Gasteiger partial charge in [0.05, 0.1) is 38.1 Å². The van der Waals surface area contributed by atoms with Crippen molar-refractivity contribution < 1.29 is 33.7 Å². The Balaban J connectivity index is 0.000000280. The lowest BCUT2D eigenvalue weighted by atomic mass is 10.1. The minimum absolute atomic E-state index is 0. The predicted molar refractivity (Wildman–Crippen MR) is 212 cm³/mol. The topological polar surface area (TPSA) is 184 Å². The van der Waals surface area contributed by atoms with E-state index in [1.807, 2.05) is 115 Å². The summed E-state index contributed by atoms with van der Waals surface area (Å²) in [5.41, 5.74) is 20.6. The Labute approximate surface area is 321 Å². The van der Waals surface area contributed by atoms with E-state index in [9.17, 15) is 14.4 Å². The van der Waals surface area contributed by atoms with E-state index < -0.39 is 30.2 Å². The van der Waals surface area contributed by atoms with Gasteiger partial charge in [0.25, 0.3) is 0 Å². The molecule has 0 aromatic heterocycles. The molecule has 2 aliphatic rings. The van der Waals surface area contributed by atoms with Crippen LogP contribution in [0.2, 0.25) is 0 Å². The van der Waals surface area contributed by atoms with Gasteiger partial charge < -0.3 is 46.3 Å². The Hall–Kier alpha value is -4.17. The number of nitrogens with two attached hydrogens (primary N) is 3. The Kier molecular flexibility index (Phi) is 21.3. The van der Waals surface area contributed by atoms with Gasteiger partial charge in [-0.1, -0.05) is 98.4 Å². The maximum atomic E-state index is 12.1. The molecule has 298 valence electrons. The standard InChI is InChI=1S/2C15H22N2O2.C11H15NO3.CH4/c2*1-12(19-11-13-7-3-2-4-8-13)14(16)15(18)17-9-5-6-10-17;1-8(10(12)11(13)14)15-7-9-5-3-2-4-6-9;/h2*2-4,7-8,12,14H,5-6,9-11,16H2,1H3;2-6,8,10H,7,12H2,1H3,(H,13,14);1H4/t2*12-,14+;8-,10+;/m111./s1. The van der Waals surface area contributed by atoms with Crippen LogP contribution in [0.25, 0.3) is 0 Å². The molecule has 7 N–H and O–H groups in total. The number of carboxylic acids is 1. The fourth-order valence-electron chi connectivity index (χ4n) is 5.62. The molecule has 0 aliphatic carbocycles. The van der Waals surface area contributed by atoms with Crippen LogP contribution in [0.5, 0.6) is 0 Å². The minimum Gasteiger partial charge on any atom is -0.480 e. The molecule has 0 radical (unpaired) electrons. The Bertz CT molecular complexity index is 1390. The smallest absolute Gasteiger partial charge is 0.323 e. The van der Waals surface area contributed by atoms with Gasteiger partial charge in [-0.15, -0.1) is 0 Å². The molecule has 12 heteroatoms. The van der Waals surface area contributed by atoms with Gasteiger partial charge in [-0.3, -0.25) is 14.4 Å². The van der Waals surface area contributed by atoms with Crippen molar-refractivity contribution in [2.45, 2.75) is 110 Å². The van der Waals surface area contributed by atoms with E-state index in [1.54, 1.807) is 6.92 Å². The minimum atomic E-state index is -1.05. The highest BCUT2D eigenvalue weighted by molar-refractivity contribution is 5.83. The van der Waals surface area contributed by atoms with Gasteiger partial charge in [-0.05, 0) is 63.1 Å². The average Bonchev–Trinajstić information content (AvgIpc) is 3.94. The second kappa shape index (κ2) is 25.0. The molecule has 2 fully saturated rings. The normalized spacial score (nSPS) is 16.9. The lowest BCUT2D eigenvalue weighted by molar-refractivity contribution is -0.142. The summed E-state index contributed by atoms with van der Waals surface area (Å²) in [4.78, 5) is 38.5. The molecule has 3 aromatic carbocycles. The summed E-state index contributed by atoms with van der Waals surface area (Å²) in [5, 5.41) is 8.64. The van der Waals surface area contributed by atoms with Gasteiger partial charge in [0.1, 0.15) is 18.1 Å². The molecular formula is C42H63N5O7. The van der Waals surface area contributed by atoms with Gasteiger partial charge in [-0.25, -0.2) is 0 Å². The zero-order chi connectivity index (χ0) is 38.6. The van der Waals surface area contributed by atoms with Gasteiger partial charge in [0.15, 0.2) is 0 Å². The molecule has 2 saturated heterocycles. The van der Waals surface area contributed by atoms with Crippen LogP contribution in [-0.2, 0) is 48.4 Å². The molecule has 12 nitrogen and oxygen atoms in total. The highest BCUT2D eigenvalue weighted by Crippen LogP contribution is 2.14. The van der Waals surface area contributed by atoms with Crippen LogP contribution in [0.3, 0.4) is 0 Å². The van der Waals surface area contributed by atoms with Gasteiger partial charge in [0.2, 0.25) is 11.8 Å². The van der Waals surface area contributed by atoms with Crippen molar-refractivity contribution in [2.75, 3.05) is 26.2 Å². The number of hydrogen-bond acceptors (Lipinski definition) is 9. The molecule has 2 amide bonds. The molecular weight excluding hydrogens is 686 g/mol. The van der Waals surface area contributed by atoms with E-state index in [2.05, 4.69) is 0 Å². The van der Waals surface area contributed by atoms with Crippen LogP contribution in [0.15, 0.2) is 91.0 Å². The average molecular weight is 750 g/mol.